The largest absolute Gasteiger partial charge is 0.434 e. The van der Waals surface area contributed by atoms with Gasteiger partial charge >= 0.3 is 18.4 Å². The minimum atomic E-state index is -5.77. The molecular weight excluding hydrogens is 470 g/mol. The van der Waals surface area contributed by atoms with Crippen LogP contribution in [0.4, 0.5) is 31.1 Å². The Morgan fingerprint density at radius 1 is 1.00 bits per heavy atom. The molecule has 0 bridgehead atoms. The van der Waals surface area contributed by atoms with Crippen molar-refractivity contribution in [3.05, 3.63) is 23.8 Å². The summed E-state index contributed by atoms with van der Waals surface area (Å²) in [5.74, 6) is 0.353. The van der Waals surface area contributed by atoms with Crippen molar-refractivity contribution in [1.29, 1.82) is 0 Å². The SMILES string of the molecule is Cc1ccnc(C2(C(=O)N3CCCC34CCN(C(=O)OC(C(F)(F)F)C(F)(F)F)CC4)CC2)n1. The van der Waals surface area contributed by atoms with E-state index in [0.29, 0.717) is 38.1 Å². The molecular formula is C21H24F6N4O3. The first-order chi connectivity index (χ1) is 15.8. The zero-order valence-corrected chi connectivity index (χ0v) is 18.4. The fourth-order valence-corrected chi connectivity index (χ4v) is 4.97. The molecule has 2 aliphatic heterocycles. The van der Waals surface area contributed by atoms with Gasteiger partial charge in [-0.2, -0.15) is 26.3 Å². The minimum absolute atomic E-state index is 0.110. The van der Waals surface area contributed by atoms with E-state index in [1.54, 1.807) is 24.1 Å². The number of carbonyl (C=O) groups is 2. The highest BCUT2D eigenvalue weighted by Crippen LogP contribution is 2.51. The molecule has 1 spiro atoms. The van der Waals surface area contributed by atoms with Crippen LogP contribution in [0.15, 0.2) is 12.3 Å². The molecule has 1 aromatic heterocycles. The van der Waals surface area contributed by atoms with Crippen LogP contribution in [0.5, 0.6) is 0 Å². The van der Waals surface area contributed by atoms with Crippen LogP contribution in [0.2, 0.25) is 0 Å². The number of hydrogen-bond acceptors (Lipinski definition) is 5. The van der Waals surface area contributed by atoms with E-state index in [4.69, 9.17) is 0 Å². The molecule has 0 radical (unpaired) electrons. The second-order valence-corrected chi connectivity index (χ2v) is 9.22. The molecule has 2 amide bonds. The summed E-state index contributed by atoms with van der Waals surface area (Å²) < 4.78 is 80.2. The number of rotatable bonds is 3. The molecule has 0 atom stereocenters. The number of nitrogens with zero attached hydrogens (tertiary/aromatic N) is 4. The molecule has 1 saturated carbocycles. The maximum Gasteiger partial charge on any atom is 0.434 e. The Morgan fingerprint density at radius 3 is 2.15 bits per heavy atom. The molecule has 3 heterocycles. The lowest BCUT2D eigenvalue weighted by Crippen LogP contribution is -2.57. The highest BCUT2D eigenvalue weighted by molar-refractivity contribution is 5.91. The molecule has 7 nitrogen and oxygen atoms in total. The third-order valence-electron chi connectivity index (χ3n) is 6.99. The van der Waals surface area contributed by atoms with Crippen molar-refractivity contribution in [2.45, 2.75) is 74.9 Å². The summed E-state index contributed by atoms with van der Waals surface area (Å²) in [6.45, 7) is 2.07. The van der Waals surface area contributed by atoms with E-state index in [1.165, 1.54) is 0 Å². The summed E-state index contributed by atoms with van der Waals surface area (Å²) in [6.07, 6.45) is -12.7. The normalized spacial score (nSPS) is 21.8. The number of ether oxygens (including phenoxy) is 1. The van der Waals surface area contributed by atoms with Gasteiger partial charge in [0.1, 0.15) is 11.2 Å². The second-order valence-electron chi connectivity index (χ2n) is 9.22. The molecule has 3 aliphatic rings. The average Bonchev–Trinajstić information content (AvgIpc) is 3.47. The predicted octanol–water partition coefficient (Wildman–Crippen LogP) is 3.90. The number of carbonyl (C=O) groups excluding carboxylic acids is 2. The first-order valence-corrected chi connectivity index (χ1v) is 11.0. The molecule has 4 rings (SSSR count). The molecule has 34 heavy (non-hydrogen) atoms. The molecule has 0 unspecified atom stereocenters. The standard InChI is InChI=1S/C21H24F6N4O3/c1-13-3-9-28-15(29-13)19(5-6-19)16(32)31-10-2-4-18(31)7-11-30(12-8-18)17(33)34-14(20(22,23)24)21(25,26)27/h3,9,14H,2,4-8,10-12H2,1H3. The van der Waals surface area contributed by atoms with E-state index in [9.17, 15) is 35.9 Å². The lowest BCUT2D eigenvalue weighted by atomic mass is 9.84. The number of halogens is 6. The van der Waals surface area contributed by atoms with Gasteiger partial charge in [0.05, 0.1) is 0 Å². The Morgan fingerprint density at radius 2 is 1.62 bits per heavy atom. The lowest BCUT2D eigenvalue weighted by molar-refractivity contribution is -0.308. The van der Waals surface area contributed by atoms with E-state index >= 15 is 0 Å². The first-order valence-electron chi connectivity index (χ1n) is 11.0. The van der Waals surface area contributed by atoms with Crippen molar-refractivity contribution < 1.29 is 40.7 Å². The Balaban J connectivity index is 1.44. The van der Waals surface area contributed by atoms with Gasteiger partial charge in [-0.05, 0) is 51.5 Å². The van der Waals surface area contributed by atoms with Crippen molar-refractivity contribution in [3.8, 4) is 0 Å². The van der Waals surface area contributed by atoms with Gasteiger partial charge in [-0.1, -0.05) is 0 Å². The van der Waals surface area contributed by atoms with Gasteiger partial charge in [-0.25, -0.2) is 14.8 Å². The summed E-state index contributed by atoms with van der Waals surface area (Å²) in [4.78, 5) is 37.0. The molecule has 13 heteroatoms. The van der Waals surface area contributed by atoms with Crippen LogP contribution in [0.3, 0.4) is 0 Å². The van der Waals surface area contributed by atoms with Gasteiger partial charge in [0.2, 0.25) is 5.91 Å². The van der Waals surface area contributed by atoms with Crippen molar-refractivity contribution in [1.82, 2.24) is 19.8 Å². The number of alkyl halides is 6. The number of aromatic nitrogens is 2. The summed E-state index contributed by atoms with van der Waals surface area (Å²) in [7, 11) is 0. The van der Waals surface area contributed by atoms with Crippen molar-refractivity contribution in [2.75, 3.05) is 19.6 Å². The highest BCUT2D eigenvalue weighted by atomic mass is 19.4. The van der Waals surface area contributed by atoms with Gasteiger partial charge in [-0.3, -0.25) is 4.79 Å². The van der Waals surface area contributed by atoms with Crippen molar-refractivity contribution in [2.24, 2.45) is 0 Å². The van der Waals surface area contributed by atoms with E-state index in [2.05, 4.69) is 14.7 Å². The zero-order valence-electron chi connectivity index (χ0n) is 18.4. The Kier molecular flexibility index (Phi) is 5.96. The number of aryl methyl sites for hydroxylation is 1. The maximum absolute atomic E-state index is 13.6. The molecule has 2 saturated heterocycles. The van der Waals surface area contributed by atoms with Crippen molar-refractivity contribution >= 4 is 12.0 Å². The van der Waals surface area contributed by atoms with Crippen LogP contribution >= 0.6 is 0 Å². The molecule has 1 aliphatic carbocycles. The quantitative estimate of drug-likeness (QED) is 0.596. The Hall–Kier alpha value is -2.60. The summed E-state index contributed by atoms with van der Waals surface area (Å²) >= 11 is 0. The van der Waals surface area contributed by atoms with Gasteiger partial charge < -0.3 is 14.5 Å². The Bertz CT molecular complexity index is 941. The monoisotopic (exact) mass is 494 g/mol. The summed E-state index contributed by atoms with van der Waals surface area (Å²) in [6, 6.07) is 1.73. The molecule has 0 N–H and O–H groups in total. The topological polar surface area (TPSA) is 75.6 Å². The van der Waals surface area contributed by atoms with Crippen LogP contribution in [-0.2, 0) is 14.9 Å². The van der Waals surface area contributed by atoms with Crippen LogP contribution in [0.25, 0.3) is 0 Å². The lowest BCUT2D eigenvalue weighted by Gasteiger charge is -2.45. The van der Waals surface area contributed by atoms with Crippen molar-refractivity contribution in [3.63, 3.8) is 0 Å². The van der Waals surface area contributed by atoms with Gasteiger partial charge in [0, 0.05) is 37.1 Å². The summed E-state index contributed by atoms with van der Waals surface area (Å²) in [5, 5.41) is 0. The smallest absolute Gasteiger partial charge is 0.426 e. The van der Waals surface area contributed by atoms with Gasteiger partial charge in [-0.15, -0.1) is 0 Å². The van der Waals surface area contributed by atoms with E-state index < -0.39 is 35.5 Å². The Labute approximate surface area is 191 Å². The predicted molar refractivity (Wildman–Crippen MR) is 105 cm³/mol. The first kappa shape index (κ1) is 24.5. The third-order valence-corrected chi connectivity index (χ3v) is 6.99. The van der Waals surface area contributed by atoms with Crippen LogP contribution in [0, 0.1) is 6.92 Å². The maximum atomic E-state index is 13.6. The number of piperidine rings is 1. The molecule has 3 fully saturated rings. The molecule has 188 valence electrons. The van der Waals surface area contributed by atoms with E-state index in [-0.39, 0.29) is 31.8 Å². The average molecular weight is 494 g/mol. The van der Waals surface area contributed by atoms with Crippen LogP contribution in [0.1, 0.15) is 50.0 Å². The van der Waals surface area contributed by atoms with Crippen LogP contribution in [-0.4, -0.2) is 75.4 Å². The molecule has 0 aromatic carbocycles. The second kappa shape index (κ2) is 8.26. The zero-order chi connectivity index (χ0) is 24.9. The fraction of sp³-hybridized carbons (Fsp3) is 0.714. The van der Waals surface area contributed by atoms with Gasteiger partial charge in [0.15, 0.2) is 0 Å². The summed E-state index contributed by atoms with van der Waals surface area (Å²) in [5.41, 5.74) is -0.671. The fourth-order valence-electron chi connectivity index (χ4n) is 4.97. The minimum Gasteiger partial charge on any atom is -0.426 e. The third kappa shape index (κ3) is 4.40. The number of amides is 2. The van der Waals surface area contributed by atoms with Crippen LogP contribution < -0.4 is 0 Å². The molecule has 1 aromatic rings. The number of hydrogen-bond donors (Lipinski definition) is 0. The highest BCUT2D eigenvalue weighted by Gasteiger charge is 2.61. The van der Waals surface area contributed by atoms with E-state index in [0.717, 1.165) is 10.6 Å². The van der Waals surface area contributed by atoms with E-state index in [1.807, 2.05) is 0 Å². The van der Waals surface area contributed by atoms with Gasteiger partial charge in [0.25, 0.3) is 6.10 Å². The number of likely N-dealkylation sites (tertiary alicyclic amines) is 2.